The van der Waals surface area contributed by atoms with Gasteiger partial charge in [-0.05, 0) is 51.0 Å². The number of aliphatic carboxylic acids is 1. The number of nitrogens with zero attached hydrogens (tertiary/aromatic N) is 3. The molecule has 2 aromatic rings. The summed E-state index contributed by atoms with van der Waals surface area (Å²) >= 11 is 0. The molecule has 1 unspecified atom stereocenters. The minimum atomic E-state index is -1.33. The van der Waals surface area contributed by atoms with E-state index in [1.807, 2.05) is 6.92 Å². The molecule has 1 heterocycles. The molecule has 35 heavy (non-hydrogen) atoms. The molecule has 1 amide bonds. The Morgan fingerprint density at radius 1 is 1.09 bits per heavy atom. The first-order valence-electron chi connectivity index (χ1n) is 12.5. The summed E-state index contributed by atoms with van der Waals surface area (Å²) in [6.45, 7) is 9.57. The predicted octanol–water partition coefficient (Wildman–Crippen LogP) is 4.75. The fourth-order valence-electron chi connectivity index (χ4n) is 3.83. The summed E-state index contributed by atoms with van der Waals surface area (Å²) in [5.74, 6) is -0.219. The lowest BCUT2D eigenvalue weighted by molar-refractivity contribution is -0.154. The Labute approximate surface area is 207 Å². The number of aryl methyl sites for hydroxylation is 2. The van der Waals surface area contributed by atoms with Crippen molar-refractivity contribution in [2.45, 2.75) is 91.7 Å². The van der Waals surface area contributed by atoms with Crippen LogP contribution in [0.1, 0.15) is 77.7 Å². The van der Waals surface area contributed by atoms with Crippen molar-refractivity contribution in [3.05, 3.63) is 52.2 Å². The Kier molecular flexibility index (Phi) is 10.5. The quantitative estimate of drug-likeness (QED) is 0.388. The van der Waals surface area contributed by atoms with Crippen LogP contribution in [0.25, 0.3) is 0 Å². The summed E-state index contributed by atoms with van der Waals surface area (Å²) in [5, 5.41) is 9.48. The number of ether oxygens (including phenoxy) is 1. The van der Waals surface area contributed by atoms with Crippen molar-refractivity contribution >= 4 is 17.6 Å². The Hall–Kier alpha value is -3.16. The Morgan fingerprint density at radius 2 is 1.74 bits per heavy atom. The van der Waals surface area contributed by atoms with Gasteiger partial charge in [0.05, 0.1) is 0 Å². The first kappa shape index (κ1) is 28.1. The topological polar surface area (TPSA) is 102 Å². The number of carboxylic acids is 1. The Bertz CT molecular complexity index is 1050. The highest BCUT2D eigenvalue weighted by Gasteiger charge is 2.33. The van der Waals surface area contributed by atoms with Gasteiger partial charge in [0.15, 0.2) is 0 Å². The summed E-state index contributed by atoms with van der Waals surface area (Å²) < 4.78 is 7.17. The van der Waals surface area contributed by atoms with Crippen molar-refractivity contribution in [1.82, 2.24) is 9.55 Å². The molecule has 8 nitrogen and oxygen atoms in total. The van der Waals surface area contributed by atoms with Crippen molar-refractivity contribution in [1.29, 1.82) is 0 Å². The van der Waals surface area contributed by atoms with Gasteiger partial charge in [-0.2, -0.15) is 0 Å². The first-order valence-corrected chi connectivity index (χ1v) is 12.5. The molecule has 1 atom stereocenters. The van der Waals surface area contributed by atoms with Crippen LogP contribution in [-0.2, 0) is 22.6 Å². The van der Waals surface area contributed by atoms with E-state index in [2.05, 4.69) is 11.9 Å². The average molecular weight is 486 g/mol. The summed E-state index contributed by atoms with van der Waals surface area (Å²) in [4.78, 5) is 43.7. The molecule has 1 N–H and O–H groups in total. The van der Waals surface area contributed by atoms with E-state index in [9.17, 15) is 19.5 Å². The van der Waals surface area contributed by atoms with Crippen LogP contribution in [0, 0.1) is 6.92 Å². The third kappa shape index (κ3) is 7.67. The number of carbonyl (C=O) groups is 2. The van der Waals surface area contributed by atoms with E-state index in [0.717, 1.165) is 32.1 Å². The van der Waals surface area contributed by atoms with E-state index < -0.39 is 11.6 Å². The van der Waals surface area contributed by atoms with Crippen LogP contribution in [0.15, 0.2) is 35.1 Å². The molecular weight excluding hydrogens is 446 g/mol. The van der Waals surface area contributed by atoms with E-state index in [1.165, 1.54) is 17.6 Å². The molecule has 0 aliphatic rings. The molecule has 0 bridgehead atoms. The van der Waals surface area contributed by atoms with Crippen molar-refractivity contribution in [2.75, 3.05) is 11.4 Å². The lowest BCUT2D eigenvalue weighted by Crippen LogP contribution is -2.40. The standard InChI is InChI=1S/C27H39N3O5/c1-6-9-10-11-12-17-29(25(32)19-30-23(7-2)28-20(4)18-24(30)31)21-13-15-22(16-14-21)35-27(5,8-3)26(33)34/h13-16,18H,6-12,17,19H2,1-5H3,(H,33,34). The smallest absolute Gasteiger partial charge is 0.347 e. The largest absolute Gasteiger partial charge is 0.478 e. The van der Waals surface area contributed by atoms with Crippen molar-refractivity contribution < 1.29 is 19.4 Å². The lowest BCUT2D eigenvalue weighted by Gasteiger charge is -2.26. The molecule has 2 rings (SSSR count). The first-order chi connectivity index (χ1) is 16.6. The molecule has 0 saturated carbocycles. The number of amides is 1. The second-order valence-corrected chi connectivity index (χ2v) is 9.04. The maximum absolute atomic E-state index is 13.4. The average Bonchev–Trinajstić information content (AvgIpc) is 2.83. The van der Waals surface area contributed by atoms with Crippen molar-refractivity contribution in [3.63, 3.8) is 0 Å². The van der Waals surface area contributed by atoms with Crippen LogP contribution >= 0.6 is 0 Å². The minimum absolute atomic E-state index is 0.0879. The zero-order valence-electron chi connectivity index (χ0n) is 21.7. The van der Waals surface area contributed by atoms with Crippen LogP contribution in [0.2, 0.25) is 0 Å². The summed E-state index contributed by atoms with van der Waals surface area (Å²) in [6.07, 6.45) is 6.12. The summed E-state index contributed by atoms with van der Waals surface area (Å²) in [7, 11) is 0. The number of carboxylic acid groups (broad SMARTS) is 1. The molecule has 1 aromatic carbocycles. The highest BCUT2D eigenvalue weighted by molar-refractivity contribution is 5.93. The molecule has 1 aromatic heterocycles. The number of rotatable bonds is 14. The second-order valence-electron chi connectivity index (χ2n) is 9.04. The van der Waals surface area contributed by atoms with Crippen LogP contribution in [-0.4, -0.2) is 38.7 Å². The summed E-state index contributed by atoms with van der Waals surface area (Å²) in [5.41, 5.74) is -0.245. The third-order valence-corrected chi connectivity index (χ3v) is 6.23. The molecule has 0 radical (unpaired) electrons. The van der Waals surface area contributed by atoms with Crippen LogP contribution < -0.4 is 15.2 Å². The van der Waals surface area contributed by atoms with Gasteiger partial charge in [-0.1, -0.05) is 46.5 Å². The Balaban J connectivity index is 2.28. The minimum Gasteiger partial charge on any atom is -0.478 e. The predicted molar refractivity (Wildman–Crippen MR) is 137 cm³/mol. The summed E-state index contributed by atoms with van der Waals surface area (Å²) in [6, 6.07) is 8.32. The highest BCUT2D eigenvalue weighted by Crippen LogP contribution is 2.25. The SMILES string of the molecule is CCCCCCCN(C(=O)Cn1c(CC)nc(C)cc1=O)c1ccc(OC(C)(CC)C(=O)O)cc1. The van der Waals surface area contributed by atoms with Gasteiger partial charge in [-0.25, -0.2) is 9.78 Å². The number of aromatic nitrogens is 2. The van der Waals surface area contributed by atoms with Gasteiger partial charge < -0.3 is 14.7 Å². The second kappa shape index (κ2) is 13.1. The number of hydrogen-bond donors (Lipinski definition) is 1. The van der Waals surface area contributed by atoms with Gasteiger partial charge in [-0.3, -0.25) is 14.2 Å². The van der Waals surface area contributed by atoms with Gasteiger partial charge in [0, 0.05) is 30.4 Å². The number of carbonyl (C=O) groups excluding carboxylic acids is 1. The number of anilines is 1. The van der Waals surface area contributed by atoms with Crippen molar-refractivity contribution in [2.24, 2.45) is 0 Å². The maximum atomic E-state index is 13.4. The van der Waals surface area contributed by atoms with E-state index in [0.29, 0.717) is 42.3 Å². The lowest BCUT2D eigenvalue weighted by atomic mass is 10.0. The zero-order chi connectivity index (χ0) is 26.0. The molecule has 0 spiro atoms. The van der Waals surface area contributed by atoms with Crippen molar-refractivity contribution in [3.8, 4) is 5.75 Å². The zero-order valence-corrected chi connectivity index (χ0v) is 21.7. The van der Waals surface area contributed by atoms with Gasteiger partial charge in [0.1, 0.15) is 18.1 Å². The maximum Gasteiger partial charge on any atom is 0.347 e. The van der Waals surface area contributed by atoms with Gasteiger partial charge in [-0.15, -0.1) is 0 Å². The van der Waals surface area contributed by atoms with E-state index in [-0.39, 0.29) is 18.0 Å². The molecule has 8 heteroatoms. The Morgan fingerprint density at radius 3 is 2.31 bits per heavy atom. The molecule has 0 saturated heterocycles. The van der Waals surface area contributed by atoms with E-state index in [4.69, 9.17) is 4.74 Å². The fraction of sp³-hybridized carbons (Fsp3) is 0.556. The van der Waals surface area contributed by atoms with Crippen LogP contribution in [0.4, 0.5) is 5.69 Å². The van der Waals surface area contributed by atoms with Crippen LogP contribution in [0.3, 0.4) is 0 Å². The molecule has 0 fully saturated rings. The van der Waals surface area contributed by atoms with Gasteiger partial charge in [0.25, 0.3) is 5.56 Å². The highest BCUT2D eigenvalue weighted by atomic mass is 16.5. The molecule has 0 aliphatic heterocycles. The van der Waals surface area contributed by atoms with E-state index >= 15 is 0 Å². The molecule has 0 aliphatic carbocycles. The normalized spacial score (nSPS) is 12.7. The van der Waals surface area contributed by atoms with Gasteiger partial charge >= 0.3 is 5.97 Å². The van der Waals surface area contributed by atoms with Crippen LogP contribution in [0.5, 0.6) is 5.75 Å². The monoisotopic (exact) mass is 485 g/mol. The number of hydrogen-bond acceptors (Lipinski definition) is 5. The number of unbranched alkanes of at least 4 members (excludes halogenated alkanes) is 4. The van der Waals surface area contributed by atoms with Gasteiger partial charge in [0.2, 0.25) is 11.5 Å². The fourth-order valence-corrected chi connectivity index (χ4v) is 3.83. The third-order valence-electron chi connectivity index (χ3n) is 6.23. The van der Waals surface area contributed by atoms with E-state index in [1.54, 1.807) is 43.0 Å². The molecular formula is C27H39N3O5. The molecule has 192 valence electrons. The number of benzene rings is 1.